The first kappa shape index (κ1) is 16.0. The fourth-order valence-corrected chi connectivity index (χ4v) is 2.65. The lowest BCUT2D eigenvalue weighted by Crippen LogP contribution is -2.26. The molecule has 0 heterocycles. The van der Waals surface area contributed by atoms with Crippen LogP contribution < -0.4 is 10.0 Å². The summed E-state index contributed by atoms with van der Waals surface area (Å²) in [6.45, 7) is 2.15. The van der Waals surface area contributed by atoms with Crippen molar-refractivity contribution >= 4 is 33.4 Å². The van der Waals surface area contributed by atoms with Gasteiger partial charge in [-0.05, 0) is 17.9 Å². The molecule has 0 atom stereocenters. The summed E-state index contributed by atoms with van der Waals surface area (Å²) >= 11 is 1.65. The molecule has 0 saturated carbocycles. The maximum absolute atomic E-state index is 11.7. The molecule has 106 valence electrons. The number of carbonyl (C=O) groups excluding carboxylic acids is 1. The van der Waals surface area contributed by atoms with Gasteiger partial charge in [-0.3, -0.25) is 4.79 Å². The van der Waals surface area contributed by atoms with Gasteiger partial charge in [0.15, 0.2) is 0 Å². The predicted molar refractivity (Wildman–Crippen MR) is 78.9 cm³/mol. The monoisotopic (exact) mass is 302 g/mol. The Morgan fingerprint density at radius 1 is 1.32 bits per heavy atom. The lowest BCUT2D eigenvalue weighted by Gasteiger charge is -2.10. The van der Waals surface area contributed by atoms with Gasteiger partial charge in [-0.1, -0.05) is 19.1 Å². The van der Waals surface area contributed by atoms with E-state index in [1.165, 1.54) is 0 Å². The highest BCUT2D eigenvalue weighted by Gasteiger charge is 2.07. The normalized spacial score (nSPS) is 11.3. The van der Waals surface area contributed by atoms with Gasteiger partial charge in [0, 0.05) is 17.9 Å². The molecule has 1 rings (SSSR count). The van der Waals surface area contributed by atoms with E-state index in [-0.39, 0.29) is 18.9 Å². The molecule has 0 bridgehead atoms. The van der Waals surface area contributed by atoms with Crippen LogP contribution in [0.5, 0.6) is 0 Å². The molecular formula is C12H18N2O3S2. The Hall–Kier alpha value is -1.05. The van der Waals surface area contributed by atoms with Crippen LogP contribution in [0.25, 0.3) is 0 Å². The SMILES string of the molecule is CCSc1ccccc1NC(=O)CCNS(C)(=O)=O. The van der Waals surface area contributed by atoms with E-state index in [0.29, 0.717) is 0 Å². The highest BCUT2D eigenvalue weighted by molar-refractivity contribution is 7.99. The van der Waals surface area contributed by atoms with Crippen molar-refractivity contribution in [1.82, 2.24) is 4.72 Å². The molecule has 0 fully saturated rings. The quantitative estimate of drug-likeness (QED) is 0.751. The van der Waals surface area contributed by atoms with Gasteiger partial charge in [-0.25, -0.2) is 13.1 Å². The van der Waals surface area contributed by atoms with E-state index in [0.717, 1.165) is 22.6 Å². The third-order valence-corrected chi connectivity index (χ3v) is 3.86. The minimum atomic E-state index is -3.24. The van der Waals surface area contributed by atoms with Crippen molar-refractivity contribution in [1.29, 1.82) is 0 Å². The van der Waals surface area contributed by atoms with Crippen molar-refractivity contribution in [2.75, 3.05) is 23.9 Å². The van der Waals surface area contributed by atoms with Gasteiger partial charge in [-0.2, -0.15) is 0 Å². The van der Waals surface area contributed by atoms with Crippen LogP contribution in [0.4, 0.5) is 5.69 Å². The van der Waals surface area contributed by atoms with Crippen LogP contribution in [-0.4, -0.2) is 32.9 Å². The summed E-state index contributed by atoms with van der Waals surface area (Å²) < 4.78 is 24.0. The number of nitrogens with one attached hydrogen (secondary N) is 2. The first-order valence-corrected chi connectivity index (χ1v) is 8.76. The van der Waals surface area contributed by atoms with Gasteiger partial charge in [0.1, 0.15) is 0 Å². The van der Waals surface area contributed by atoms with E-state index in [1.54, 1.807) is 11.8 Å². The zero-order valence-electron chi connectivity index (χ0n) is 11.0. The minimum absolute atomic E-state index is 0.105. The fourth-order valence-electron chi connectivity index (χ4n) is 1.41. The molecule has 0 spiro atoms. The van der Waals surface area contributed by atoms with Crippen molar-refractivity contribution in [3.63, 3.8) is 0 Å². The van der Waals surface area contributed by atoms with E-state index < -0.39 is 10.0 Å². The van der Waals surface area contributed by atoms with Crippen molar-refractivity contribution < 1.29 is 13.2 Å². The smallest absolute Gasteiger partial charge is 0.225 e. The second kappa shape index (κ2) is 7.52. The van der Waals surface area contributed by atoms with Gasteiger partial charge in [-0.15, -0.1) is 11.8 Å². The number of thioether (sulfide) groups is 1. The van der Waals surface area contributed by atoms with Gasteiger partial charge in [0.2, 0.25) is 15.9 Å². The highest BCUT2D eigenvalue weighted by Crippen LogP contribution is 2.26. The number of rotatable bonds is 7. The van der Waals surface area contributed by atoms with Gasteiger partial charge in [0.25, 0.3) is 0 Å². The second-order valence-corrected chi connectivity index (χ2v) is 7.03. The number of amides is 1. The topological polar surface area (TPSA) is 75.3 Å². The number of hydrogen-bond acceptors (Lipinski definition) is 4. The van der Waals surface area contributed by atoms with Crippen LogP contribution >= 0.6 is 11.8 Å². The standard InChI is InChI=1S/C12H18N2O3S2/c1-3-18-11-7-5-4-6-10(11)14-12(15)8-9-13-19(2,16)17/h4-7,13H,3,8-9H2,1-2H3,(H,14,15). The molecule has 2 N–H and O–H groups in total. The molecule has 0 radical (unpaired) electrons. The molecule has 0 saturated heterocycles. The Balaban J connectivity index is 2.52. The summed E-state index contributed by atoms with van der Waals surface area (Å²) in [6.07, 6.45) is 1.18. The molecular weight excluding hydrogens is 284 g/mol. The van der Waals surface area contributed by atoms with Gasteiger partial charge < -0.3 is 5.32 Å². The molecule has 0 aliphatic rings. The van der Waals surface area contributed by atoms with Gasteiger partial charge >= 0.3 is 0 Å². The van der Waals surface area contributed by atoms with Crippen molar-refractivity contribution in [2.45, 2.75) is 18.2 Å². The maximum Gasteiger partial charge on any atom is 0.225 e. The second-order valence-electron chi connectivity index (χ2n) is 3.89. The van der Waals surface area contributed by atoms with Crippen LogP contribution in [0.1, 0.15) is 13.3 Å². The van der Waals surface area contributed by atoms with Gasteiger partial charge in [0.05, 0.1) is 11.9 Å². The zero-order chi connectivity index (χ0) is 14.3. The van der Waals surface area contributed by atoms with E-state index in [9.17, 15) is 13.2 Å². The third-order valence-electron chi connectivity index (χ3n) is 2.18. The fraction of sp³-hybridized carbons (Fsp3) is 0.417. The number of para-hydroxylation sites is 1. The first-order valence-electron chi connectivity index (χ1n) is 5.88. The van der Waals surface area contributed by atoms with Crippen LogP contribution in [-0.2, 0) is 14.8 Å². The van der Waals surface area contributed by atoms with Crippen molar-refractivity contribution in [3.8, 4) is 0 Å². The number of anilines is 1. The Bertz CT molecular complexity index is 530. The zero-order valence-corrected chi connectivity index (χ0v) is 12.6. The minimum Gasteiger partial charge on any atom is -0.325 e. The van der Waals surface area contributed by atoms with Crippen LogP contribution in [0.3, 0.4) is 0 Å². The highest BCUT2D eigenvalue weighted by atomic mass is 32.2. The predicted octanol–water partition coefficient (Wildman–Crippen LogP) is 1.68. The first-order chi connectivity index (χ1) is 8.92. The number of sulfonamides is 1. The Kier molecular flexibility index (Phi) is 6.33. The summed E-state index contributed by atoms with van der Waals surface area (Å²) in [7, 11) is -3.24. The number of hydrogen-bond donors (Lipinski definition) is 2. The molecule has 19 heavy (non-hydrogen) atoms. The lowest BCUT2D eigenvalue weighted by atomic mass is 10.3. The largest absolute Gasteiger partial charge is 0.325 e. The van der Waals surface area contributed by atoms with E-state index in [4.69, 9.17) is 0 Å². The van der Waals surface area contributed by atoms with Crippen molar-refractivity contribution in [3.05, 3.63) is 24.3 Å². The summed E-state index contributed by atoms with van der Waals surface area (Å²) in [4.78, 5) is 12.7. The Morgan fingerprint density at radius 3 is 2.63 bits per heavy atom. The number of carbonyl (C=O) groups is 1. The molecule has 5 nitrogen and oxygen atoms in total. The Labute approximate surface area is 118 Å². The van der Waals surface area contributed by atoms with Crippen LogP contribution in [0, 0.1) is 0 Å². The average Bonchev–Trinajstić information content (AvgIpc) is 2.30. The molecule has 1 amide bonds. The lowest BCUT2D eigenvalue weighted by molar-refractivity contribution is -0.116. The van der Waals surface area contributed by atoms with E-state index in [1.807, 2.05) is 31.2 Å². The molecule has 1 aromatic carbocycles. The van der Waals surface area contributed by atoms with E-state index in [2.05, 4.69) is 10.0 Å². The maximum atomic E-state index is 11.7. The van der Waals surface area contributed by atoms with Crippen LogP contribution in [0.2, 0.25) is 0 Å². The molecule has 1 aromatic rings. The average molecular weight is 302 g/mol. The van der Waals surface area contributed by atoms with E-state index >= 15 is 0 Å². The third kappa shape index (κ3) is 6.60. The summed E-state index contributed by atoms with van der Waals surface area (Å²) in [5.41, 5.74) is 0.763. The van der Waals surface area contributed by atoms with Crippen molar-refractivity contribution in [2.24, 2.45) is 0 Å². The van der Waals surface area contributed by atoms with Crippen LogP contribution in [0.15, 0.2) is 29.2 Å². The summed E-state index contributed by atoms with van der Waals surface area (Å²) in [6, 6.07) is 7.54. The summed E-state index contributed by atoms with van der Waals surface area (Å²) in [5.74, 6) is 0.711. The molecule has 0 aliphatic carbocycles. The molecule has 7 heteroatoms. The molecule has 0 unspecified atom stereocenters. The number of benzene rings is 1. The molecule has 0 aromatic heterocycles. The Morgan fingerprint density at radius 2 is 2.00 bits per heavy atom. The summed E-state index contributed by atoms with van der Waals surface area (Å²) in [5, 5.41) is 2.79. The molecule has 0 aliphatic heterocycles.